The maximum absolute atomic E-state index is 14.6. The first-order valence-corrected chi connectivity index (χ1v) is 20.7. The molecule has 4 unspecified atom stereocenters. The Bertz CT molecular complexity index is 1760. The van der Waals surface area contributed by atoms with Crippen LogP contribution in [0, 0.1) is 61.9 Å². The molecule has 0 aliphatic heterocycles. The van der Waals surface area contributed by atoms with Gasteiger partial charge in [-0.25, -0.2) is 0 Å². The van der Waals surface area contributed by atoms with E-state index in [2.05, 4.69) is 58.8 Å². The van der Waals surface area contributed by atoms with Gasteiger partial charge in [-0.05, 0) is 159 Å². The molecule has 3 N–H and O–H groups in total. The normalized spacial score (nSPS) is 39.0. The summed E-state index contributed by atoms with van der Waals surface area (Å²) in [6, 6.07) is 12.3. The first-order valence-electron chi connectivity index (χ1n) is 20.7. The number of rotatable bonds is 8. The monoisotopic (exact) mass is 723 g/mol. The van der Waals surface area contributed by atoms with Gasteiger partial charge in [-0.2, -0.15) is 4.73 Å². The number of carbonyl (C=O) groups is 2. The number of aliphatic hydroxyl groups excluding tert-OH is 1. The maximum atomic E-state index is 14.6. The van der Waals surface area contributed by atoms with Crippen LogP contribution in [0.3, 0.4) is 0 Å². The Kier molecular flexibility index (Phi) is 9.73. The molecular weight excluding hydrogens is 659 g/mol. The Morgan fingerprint density at radius 2 is 1.70 bits per heavy atom. The van der Waals surface area contributed by atoms with Crippen molar-refractivity contribution < 1.29 is 19.4 Å². The minimum atomic E-state index is -0.438. The summed E-state index contributed by atoms with van der Waals surface area (Å²) in [4.78, 5) is 27.8. The number of aromatic nitrogens is 1. The molecule has 0 spiro atoms. The summed E-state index contributed by atoms with van der Waals surface area (Å²) in [5.41, 5.74) is 3.42. The van der Waals surface area contributed by atoms with E-state index in [1.165, 1.54) is 37.5 Å². The Labute approximate surface area is 318 Å². The molecule has 0 saturated heterocycles. The summed E-state index contributed by atoms with van der Waals surface area (Å²) in [6.07, 6.45) is 12.7. The van der Waals surface area contributed by atoms with Gasteiger partial charge in [0.1, 0.15) is 6.04 Å². The fourth-order valence-corrected chi connectivity index (χ4v) is 14.0. The molecule has 7 heteroatoms. The molecule has 2 aromatic rings. The van der Waals surface area contributed by atoms with Gasteiger partial charge in [0.25, 0.3) is 5.91 Å². The van der Waals surface area contributed by atoms with Crippen molar-refractivity contribution in [3.63, 3.8) is 0 Å². The lowest BCUT2D eigenvalue weighted by molar-refractivity contribution is -0.615. The molecule has 11 atom stereocenters. The van der Waals surface area contributed by atoms with E-state index in [1.807, 2.05) is 25.1 Å². The Hall–Kier alpha value is -3.19. The Balaban J connectivity index is 1.06. The molecule has 7 rings (SSSR count). The first kappa shape index (κ1) is 38.1. The summed E-state index contributed by atoms with van der Waals surface area (Å²) >= 11 is 0. The lowest BCUT2D eigenvalue weighted by Crippen LogP contribution is -2.67. The number of fused-ring (bicyclic) bond motifs is 7. The van der Waals surface area contributed by atoms with Crippen LogP contribution in [-0.4, -0.2) is 29.6 Å². The average Bonchev–Trinajstić information content (AvgIpc) is 3.52. The molecule has 288 valence electrons. The van der Waals surface area contributed by atoms with Gasteiger partial charge >= 0.3 is 0 Å². The van der Waals surface area contributed by atoms with Crippen molar-refractivity contribution in [2.45, 2.75) is 131 Å². The second-order valence-electron chi connectivity index (χ2n) is 19.6. The van der Waals surface area contributed by atoms with Crippen molar-refractivity contribution >= 4 is 11.8 Å². The molecule has 0 radical (unpaired) electrons. The van der Waals surface area contributed by atoms with Crippen LogP contribution in [0.1, 0.15) is 140 Å². The zero-order chi connectivity index (χ0) is 38.1. The number of carbonyl (C=O) groups excluding carboxylic acids is 2. The lowest BCUT2D eigenvalue weighted by Gasteiger charge is -2.72. The van der Waals surface area contributed by atoms with E-state index in [4.69, 9.17) is 0 Å². The predicted molar refractivity (Wildman–Crippen MR) is 209 cm³/mol. The quantitative estimate of drug-likeness (QED) is 0.144. The summed E-state index contributed by atoms with van der Waals surface area (Å²) in [5.74, 6) is 2.32. The van der Waals surface area contributed by atoms with Crippen LogP contribution in [0.4, 0.5) is 0 Å². The molecule has 1 aromatic heterocycles. The number of hydrogen-bond donors (Lipinski definition) is 3. The molecule has 1 aromatic carbocycles. The second-order valence-corrected chi connectivity index (χ2v) is 19.6. The number of benzene rings is 1. The van der Waals surface area contributed by atoms with Crippen LogP contribution in [0.25, 0.3) is 0 Å². The van der Waals surface area contributed by atoms with Crippen molar-refractivity contribution in [1.29, 1.82) is 0 Å². The standard InChI is InChI=1S/C46H65N3O4/c1-29(2)33-17-23-46(41(52)47-26-20-31-12-11-13-32(28-31)40(51)48-30(3)35-14-9-10-27-49(35)53)25-24-44(7)34(39(33)46)15-16-37-43(6)21-19-38(50)42(4,5)36(43)18-22-45(37,44)8/h9-14,27-28,30,33-34,36-39,50H,1,15-26H2,2-8H3,(H,47,52)(H,48,51)/t30-,33-,34?,36?,37?,38-,39?,43-,44+,45+,46-/m0/s1. The van der Waals surface area contributed by atoms with Crippen molar-refractivity contribution in [2.75, 3.05) is 6.54 Å². The zero-order valence-corrected chi connectivity index (χ0v) is 33.5. The summed E-state index contributed by atoms with van der Waals surface area (Å²) in [6.45, 7) is 21.5. The third-order valence-electron chi connectivity index (χ3n) is 17.0. The molecule has 5 saturated carbocycles. The van der Waals surface area contributed by atoms with Gasteiger partial charge in [0.15, 0.2) is 6.20 Å². The van der Waals surface area contributed by atoms with Crippen molar-refractivity contribution in [3.8, 4) is 0 Å². The Morgan fingerprint density at radius 3 is 2.43 bits per heavy atom. The molecule has 5 fully saturated rings. The minimum Gasteiger partial charge on any atom is -0.618 e. The van der Waals surface area contributed by atoms with Crippen molar-refractivity contribution in [2.24, 2.45) is 56.7 Å². The highest BCUT2D eigenvalue weighted by Crippen LogP contribution is 2.77. The lowest BCUT2D eigenvalue weighted by atomic mass is 9.32. The van der Waals surface area contributed by atoms with Gasteiger partial charge in [-0.3, -0.25) is 9.59 Å². The van der Waals surface area contributed by atoms with Crippen molar-refractivity contribution in [1.82, 2.24) is 10.6 Å². The van der Waals surface area contributed by atoms with E-state index >= 15 is 0 Å². The van der Waals surface area contributed by atoms with E-state index in [-0.39, 0.29) is 45.0 Å². The highest BCUT2D eigenvalue weighted by Gasteiger charge is 2.71. The molecular formula is C46H65N3O4. The Morgan fingerprint density at radius 1 is 0.925 bits per heavy atom. The van der Waals surface area contributed by atoms with Crippen LogP contribution < -0.4 is 15.4 Å². The highest BCUT2D eigenvalue weighted by molar-refractivity contribution is 5.94. The third-order valence-corrected chi connectivity index (χ3v) is 17.0. The molecule has 2 amide bonds. The zero-order valence-electron chi connectivity index (χ0n) is 33.5. The topological polar surface area (TPSA) is 105 Å². The number of aliphatic hydroxyl groups is 1. The van der Waals surface area contributed by atoms with Gasteiger partial charge in [-0.15, -0.1) is 0 Å². The number of nitrogens with one attached hydrogen (secondary N) is 2. The van der Waals surface area contributed by atoms with Gasteiger partial charge in [0.2, 0.25) is 11.6 Å². The number of pyridine rings is 1. The largest absolute Gasteiger partial charge is 0.618 e. The van der Waals surface area contributed by atoms with Crippen molar-refractivity contribution in [3.05, 3.63) is 82.8 Å². The summed E-state index contributed by atoms with van der Waals surface area (Å²) in [5, 5.41) is 29.7. The minimum absolute atomic E-state index is 0.0565. The number of hydrogen-bond acceptors (Lipinski definition) is 4. The molecule has 7 nitrogen and oxygen atoms in total. The van der Waals surface area contributed by atoms with Gasteiger partial charge in [0, 0.05) is 24.2 Å². The van der Waals surface area contributed by atoms with E-state index in [0.29, 0.717) is 53.8 Å². The SMILES string of the molecule is C=C(C)[C@@H]1CC[C@]2(C(=O)NCCc3cccc(C(=O)N[C@@H](C)c4cccc[n+]4[O-])c3)CC[C@]3(C)C(CCC4[C@@]5(C)CC[C@H](O)C(C)(C)C5CC[C@]43C)C12. The smallest absolute Gasteiger partial charge is 0.251 e. The molecule has 53 heavy (non-hydrogen) atoms. The van der Waals surface area contributed by atoms with Crippen LogP contribution in [0.2, 0.25) is 0 Å². The van der Waals surface area contributed by atoms with Crippen LogP contribution >= 0.6 is 0 Å². The third kappa shape index (κ3) is 5.88. The molecule has 5 aliphatic carbocycles. The average molecular weight is 724 g/mol. The molecule has 0 bridgehead atoms. The number of allylic oxidation sites excluding steroid dienone is 1. The number of amides is 2. The van der Waals surface area contributed by atoms with E-state index in [0.717, 1.165) is 48.8 Å². The first-order chi connectivity index (χ1) is 25.0. The van der Waals surface area contributed by atoms with Gasteiger partial charge < -0.3 is 20.9 Å². The van der Waals surface area contributed by atoms with Gasteiger partial charge in [0.05, 0.1) is 11.5 Å². The molecule has 5 aliphatic rings. The van der Waals surface area contributed by atoms with E-state index in [9.17, 15) is 19.9 Å². The van der Waals surface area contributed by atoms with Gasteiger partial charge in [-0.1, -0.05) is 58.9 Å². The fraction of sp³-hybridized carbons (Fsp3) is 0.674. The summed E-state index contributed by atoms with van der Waals surface area (Å²) in [7, 11) is 0. The van der Waals surface area contributed by atoms with Crippen LogP contribution in [0.15, 0.2) is 60.8 Å². The van der Waals surface area contributed by atoms with Crippen LogP contribution in [-0.2, 0) is 11.2 Å². The maximum Gasteiger partial charge on any atom is 0.251 e. The van der Waals surface area contributed by atoms with E-state index in [1.54, 1.807) is 24.3 Å². The number of nitrogens with zero attached hydrogens (tertiary/aromatic N) is 1. The molecule has 1 heterocycles. The van der Waals surface area contributed by atoms with E-state index < -0.39 is 6.04 Å². The predicted octanol–water partition coefficient (Wildman–Crippen LogP) is 8.49. The second kappa shape index (κ2) is 13.5. The van der Waals surface area contributed by atoms with Crippen LogP contribution in [0.5, 0.6) is 0 Å². The fourth-order valence-electron chi connectivity index (χ4n) is 14.0. The highest BCUT2D eigenvalue weighted by atomic mass is 16.5. The summed E-state index contributed by atoms with van der Waals surface area (Å²) < 4.78 is 0.782.